The van der Waals surface area contributed by atoms with Crippen molar-refractivity contribution in [1.82, 2.24) is 15.2 Å². The van der Waals surface area contributed by atoms with E-state index in [9.17, 15) is 15.0 Å². The smallest absolute Gasteiger partial charge is 0.252 e. The van der Waals surface area contributed by atoms with Crippen LogP contribution in [0.5, 0.6) is 11.5 Å². The lowest BCUT2D eigenvalue weighted by atomic mass is 9.63. The third kappa shape index (κ3) is 11.5. The van der Waals surface area contributed by atoms with E-state index in [1.165, 1.54) is 41.8 Å². The number of nitrogens with one attached hydrogen (secondary N) is 2. The predicted molar refractivity (Wildman–Crippen MR) is 238 cm³/mol. The lowest BCUT2D eigenvalue weighted by Gasteiger charge is -2.49. The van der Waals surface area contributed by atoms with Gasteiger partial charge in [-0.3, -0.25) is 4.79 Å². The summed E-state index contributed by atoms with van der Waals surface area (Å²) in [5, 5.41) is 27.8. The fourth-order valence-corrected chi connectivity index (χ4v) is 10.7. The van der Waals surface area contributed by atoms with Crippen LogP contribution in [-0.4, -0.2) is 58.1 Å². The zero-order valence-electron chi connectivity index (χ0n) is 38.5. The largest absolute Gasteiger partial charge is 0.508 e. The number of amides is 1. The fourth-order valence-electron chi connectivity index (χ4n) is 9.68. The highest BCUT2D eigenvalue weighted by atomic mass is 32.1. The molecule has 4 N–H and O–H groups in total. The summed E-state index contributed by atoms with van der Waals surface area (Å²) in [6, 6.07) is 5.29. The first-order valence-corrected chi connectivity index (χ1v) is 23.3. The minimum absolute atomic E-state index is 0.00670. The molecule has 3 atom stereocenters. The number of hydrogen-bond acceptors (Lipinski definition) is 7. The van der Waals surface area contributed by atoms with E-state index in [1.807, 2.05) is 6.07 Å². The average Bonchev–Trinajstić information content (AvgIpc) is 3.38. The maximum Gasteiger partial charge on any atom is 0.252 e. The Balaban J connectivity index is 0.000000261. The highest BCUT2D eigenvalue weighted by Gasteiger charge is 2.68. The lowest BCUT2D eigenvalue weighted by molar-refractivity contribution is -0.120. The first-order valence-electron chi connectivity index (χ1n) is 22.4. The average molecular weight is 811 g/mol. The van der Waals surface area contributed by atoms with Crippen molar-refractivity contribution in [3.8, 4) is 11.5 Å². The van der Waals surface area contributed by atoms with Gasteiger partial charge in [-0.1, -0.05) is 88.5 Å². The normalized spacial score (nSPS) is 22.5. The second-order valence-electron chi connectivity index (χ2n) is 20.7. The standard InChI is InChI=1S/C28H47NO3.C20H35N3OS/c1-19(2)29-14-10-8-7-9-13-27(3,4)21-16-24(31)26-22-15-20(18-30)11-12-23(22)28(5,6)32-25(26)17-21;1-13(2)21-11-9-10-12-23-14(3)15(4)25-18(23)22-17(24)16-19(5,6)20(16,7)8/h16-17,19-20,22-23,29-31H,7-15,18H2,1-6H3;13,16,21H,9-12H2,1-8H3/t20-,22?,23-;/m1./s1. The molecule has 2 aromatic rings. The number of fused-ring (bicyclic) bond motifs is 3. The summed E-state index contributed by atoms with van der Waals surface area (Å²) in [5.74, 6) is 2.29. The topological polar surface area (TPSA) is 108 Å². The number of thiazole rings is 1. The summed E-state index contributed by atoms with van der Waals surface area (Å²) in [5.41, 5.74) is 3.21. The van der Waals surface area contributed by atoms with Gasteiger partial charge >= 0.3 is 0 Å². The molecule has 0 spiro atoms. The van der Waals surface area contributed by atoms with E-state index in [1.54, 1.807) is 11.3 Å². The Morgan fingerprint density at radius 2 is 1.53 bits per heavy atom. The summed E-state index contributed by atoms with van der Waals surface area (Å²) in [6.45, 7) is 33.9. The van der Waals surface area contributed by atoms with Gasteiger partial charge in [0, 0.05) is 47.3 Å². The van der Waals surface area contributed by atoms with Crippen molar-refractivity contribution in [2.24, 2.45) is 33.6 Å². The number of rotatable bonds is 17. The second-order valence-corrected chi connectivity index (χ2v) is 21.8. The van der Waals surface area contributed by atoms with Crippen molar-refractivity contribution < 1.29 is 19.7 Å². The summed E-state index contributed by atoms with van der Waals surface area (Å²) < 4.78 is 8.77. The van der Waals surface area contributed by atoms with E-state index in [-0.39, 0.29) is 46.2 Å². The quantitative estimate of drug-likeness (QED) is 0.119. The number of aromatic nitrogens is 1. The molecular formula is C48H82N4O4S. The van der Waals surface area contributed by atoms with E-state index >= 15 is 0 Å². The Morgan fingerprint density at radius 1 is 0.930 bits per heavy atom. The molecule has 1 unspecified atom stereocenters. The van der Waals surface area contributed by atoms with Gasteiger partial charge in [0.2, 0.25) is 0 Å². The van der Waals surface area contributed by atoms with Crippen LogP contribution in [0, 0.1) is 42.4 Å². The Hall–Kier alpha value is -2.20. The summed E-state index contributed by atoms with van der Waals surface area (Å²) in [6.07, 6.45) is 11.3. The van der Waals surface area contributed by atoms with Gasteiger partial charge in [0.1, 0.15) is 17.1 Å². The van der Waals surface area contributed by atoms with Crippen LogP contribution < -0.4 is 20.2 Å². The number of aryl methyl sites for hydroxylation is 1. The molecule has 1 aromatic heterocycles. The maximum atomic E-state index is 12.7. The molecule has 0 bridgehead atoms. The highest BCUT2D eigenvalue weighted by Crippen LogP contribution is 2.68. The molecule has 1 aromatic carbocycles. The van der Waals surface area contributed by atoms with Gasteiger partial charge in [0.25, 0.3) is 5.91 Å². The number of phenols is 1. The maximum absolute atomic E-state index is 12.7. The number of aliphatic hydroxyl groups is 1. The minimum Gasteiger partial charge on any atom is -0.508 e. The highest BCUT2D eigenvalue weighted by molar-refractivity contribution is 7.09. The summed E-state index contributed by atoms with van der Waals surface area (Å²) in [4.78, 5) is 19.4. The number of benzene rings is 1. The second kappa shape index (κ2) is 19.5. The van der Waals surface area contributed by atoms with E-state index in [0.29, 0.717) is 29.7 Å². The van der Waals surface area contributed by atoms with Crippen LogP contribution in [0.15, 0.2) is 17.1 Å². The lowest BCUT2D eigenvalue weighted by Crippen LogP contribution is -2.47. The number of carbonyl (C=O) groups is 1. The van der Waals surface area contributed by atoms with Crippen molar-refractivity contribution in [3.05, 3.63) is 38.6 Å². The van der Waals surface area contributed by atoms with Crippen molar-refractivity contribution in [3.63, 3.8) is 0 Å². The zero-order valence-corrected chi connectivity index (χ0v) is 39.3. The van der Waals surface area contributed by atoms with E-state index < -0.39 is 0 Å². The third-order valence-electron chi connectivity index (χ3n) is 14.3. The fraction of sp³-hybridized carbons (Fsp3) is 0.792. The number of carbonyl (C=O) groups excluding carboxylic acids is 1. The van der Waals surface area contributed by atoms with Crippen LogP contribution in [-0.2, 0) is 16.8 Å². The molecule has 2 heterocycles. The van der Waals surface area contributed by atoms with Crippen molar-refractivity contribution in [2.45, 2.75) is 197 Å². The molecule has 324 valence electrons. The minimum atomic E-state index is -0.253. The molecule has 2 aliphatic carbocycles. The van der Waals surface area contributed by atoms with Crippen molar-refractivity contribution >= 4 is 17.2 Å². The first-order chi connectivity index (χ1) is 26.5. The Labute approximate surface area is 351 Å². The molecule has 0 saturated heterocycles. The number of ether oxygens (including phenoxy) is 1. The van der Waals surface area contributed by atoms with Crippen LogP contribution in [0.4, 0.5) is 0 Å². The van der Waals surface area contributed by atoms with Gasteiger partial charge in [0.05, 0.1) is 5.92 Å². The Kier molecular flexibility index (Phi) is 16.2. The number of nitrogens with zero attached hydrogens (tertiary/aromatic N) is 2. The van der Waals surface area contributed by atoms with Crippen LogP contribution in [0.25, 0.3) is 0 Å². The van der Waals surface area contributed by atoms with Crippen LogP contribution in [0.2, 0.25) is 0 Å². The van der Waals surface area contributed by atoms with Gasteiger partial charge in [-0.25, -0.2) is 0 Å². The molecule has 9 heteroatoms. The first kappa shape index (κ1) is 47.5. The SMILES string of the molecule is CC(C)NCCCCCCC(C)(C)c1cc(O)c2c(c1)OC(C)(C)[C@@H]1CC[C@@H](CO)CC21.Cc1sc(=NC(=O)C2C(C)(C)C2(C)C)n(CCCCNC(C)C)c1C. The number of aliphatic hydroxyl groups excluding tert-OH is 1. The molecule has 0 radical (unpaired) electrons. The Bertz CT molecular complexity index is 1690. The van der Waals surface area contributed by atoms with Crippen LogP contribution in [0.1, 0.15) is 175 Å². The Morgan fingerprint density at radius 3 is 2.11 bits per heavy atom. The summed E-state index contributed by atoms with van der Waals surface area (Å²) >= 11 is 1.64. The number of aromatic hydroxyl groups is 1. The van der Waals surface area contributed by atoms with E-state index in [0.717, 1.165) is 74.3 Å². The molecular weight excluding hydrogens is 729 g/mol. The van der Waals surface area contributed by atoms with Gasteiger partial charge in [-0.15, -0.1) is 11.3 Å². The molecule has 57 heavy (non-hydrogen) atoms. The van der Waals surface area contributed by atoms with Crippen molar-refractivity contribution in [1.29, 1.82) is 0 Å². The molecule has 2 saturated carbocycles. The third-order valence-corrected chi connectivity index (χ3v) is 15.4. The monoisotopic (exact) mass is 811 g/mol. The predicted octanol–water partition coefficient (Wildman–Crippen LogP) is 10.3. The molecule has 5 rings (SSSR count). The van der Waals surface area contributed by atoms with Gasteiger partial charge in [-0.05, 0) is 132 Å². The van der Waals surface area contributed by atoms with Gasteiger partial charge in [-0.2, -0.15) is 4.99 Å². The number of unbranched alkanes of at least 4 members (excludes halogenated alkanes) is 4. The summed E-state index contributed by atoms with van der Waals surface area (Å²) in [7, 11) is 0. The zero-order chi connectivity index (χ0) is 42.5. The van der Waals surface area contributed by atoms with Crippen LogP contribution >= 0.6 is 11.3 Å². The van der Waals surface area contributed by atoms with Crippen LogP contribution in [0.3, 0.4) is 0 Å². The van der Waals surface area contributed by atoms with Gasteiger partial charge < -0.3 is 30.2 Å². The number of phenolic OH excluding ortho intramolecular Hbond substituents is 1. The molecule has 2 fully saturated rings. The molecule has 1 amide bonds. The van der Waals surface area contributed by atoms with E-state index in [4.69, 9.17) is 4.74 Å². The van der Waals surface area contributed by atoms with E-state index in [2.05, 4.69) is 123 Å². The number of hydrogen-bond donors (Lipinski definition) is 4. The molecule has 1 aliphatic heterocycles. The van der Waals surface area contributed by atoms with Crippen molar-refractivity contribution in [2.75, 3.05) is 19.7 Å². The van der Waals surface area contributed by atoms with Gasteiger partial charge in [0.15, 0.2) is 4.80 Å². The molecule has 8 nitrogen and oxygen atoms in total. The molecule has 3 aliphatic rings.